The van der Waals surface area contributed by atoms with Gasteiger partial charge in [0.2, 0.25) is 5.91 Å². The van der Waals surface area contributed by atoms with Crippen LogP contribution in [-0.4, -0.2) is 32.1 Å². The van der Waals surface area contributed by atoms with Gasteiger partial charge in [0.25, 0.3) is 0 Å². The molecule has 0 aromatic heterocycles. The molecule has 0 atom stereocenters. The second-order valence-electron chi connectivity index (χ2n) is 3.84. The number of anilines is 1. The summed E-state index contributed by atoms with van der Waals surface area (Å²) in [5.74, 6) is -0.427. The first-order chi connectivity index (χ1) is 9.17. The van der Waals surface area contributed by atoms with Crippen molar-refractivity contribution < 1.29 is 14.3 Å². The van der Waals surface area contributed by atoms with Gasteiger partial charge in [-0.3, -0.25) is 4.79 Å². The third kappa shape index (κ3) is 5.25. The average molecular weight is 262 g/mol. The van der Waals surface area contributed by atoms with Gasteiger partial charge >= 0.3 is 5.97 Å². The number of nitrogens with one attached hydrogen (secondary N) is 2. The molecule has 0 saturated heterocycles. The summed E-state index contributed by atoms with van der Waals surface area (Å²) in [6.45, 7) is 4.48. The Hall–Kier alpha value is -2.30. The van der Waals surface area contributed by atoms with E-state index in [4.69, 9.17) is 0 Å². The summed E-state index contributed by atoms with van der Waals surface area (Å²) < 4.78 is 4.64. The van der Waals surface area contributed by atoms with E-state index in [2.05, 4.69) is 21.9 Å². The van der Waals surface area contributed by atoms with E-state index in [0.717, 1.165) is 5.69 Å². The van der Waals surface area contributed by atoms with Crippen molar-refractivity contribution in [3.05, 3.63) is 42.5 Å². The van der Waals surface area contributed by atoms with Crippen LogP contribution in [-0.2, 0) is 9.53 Å². The lowest BCUT2D eigenvalue weighted by Gasteiger charge is -2.07. The summed E-state index contributed by atoms with van der Waals surface area (Å²) >= 11 is 0. The quantitative estimate of drug-likeness (QED) is 0.578. The maximum absolute atomic E-state index is 11.3. The molecule has 1 aromatic rings. The van der Waals surface area contributed by atoms with Gasteiger partial charge in [-0.1, -0.05) is 12.1 Å². The Morgan fingerprint density at radius 1 is 1.42 bits per heavy atom. The molecular weight excluding hydrogens is 244 g/mol. The zero-order valence-corrected chi connectivity index (χ0v) is 10.9. The summed E-state index contributed by atoms with van der Waals surface area (Å²) in [7, 11) is 1.34. The molecule has 0 fully saturated rings. The number of amides is 1. The molecule has 0 saturated carbocycles. The number of carbonyl (C=O) groups is 2. The average Bonchev–Trinajstić information content (AvgIpc) is 2.44. The lowest BCUT2D eigenvalue weighted by molar-refractivity contribution is -0.120. The predicted molar refractivity (Wildman–Crippen MR) is 74.1 cm³/mol. The van der Waals surface area contributed by atoms with E-state index in [0.29, 0.717) is 25.1 Å². The molecule has 2 N–H and O–H groups in total. The first kappa shape index (κ1) is 14.8. The summed E-state index contributed by atoms with van der Waals surface area (Å²) in [6.07, 6.45) is 1.99. The van der Waals surface area contributed by atoms with E-state index in [9.17, 15) is 9.59 Å². The molecule has 0 aliphatic heterocycles. The van der Waals surface area contributed by atoms with Crippen molar-refractivity contribution in [1.29, 1.82) is 0 Å². The standard InChI is InChI=1S/C14H18N2O3/c1-3-8-16-13(17)7-9-15-12-6-4-5-11(10-12)14(18)19-2/h3-6,10,15H,1,7-9H2,2H3,(H,16,17). The summed E-state index contributed by atoms with van der Waals surface area (Å²) in [6, 6.07) is 6.95. The predicted octanol–water partition coefficient (Wildman–Crippen LogP) is 1.58. The maximum atomic E-state index is 11.3. The van der Waals surface area contributed by atoms with Crippen LogP contribution in [0.25, 0.3) is 0 Å². The monoisotopic (exact) mass is 262 g/mol. The largest absolute Gasteiger partial charge is 0.465 e. The maximum Gasteiger partial charge on any atom is 0.337 e. The van der Waals surface area contributed by atoms with Crippen LogP contribution in [0.5, 0.6) is 0 Å². The number of carbonyl (C=O) groups excluding carboxylic acids is 2. The Morgan fingerprint density at radius 2 is 2.21 bits per heavy atom. The van der Waals surface area contributed by atoms with Crippen molar-refractivity contribution in [2.24, 2.45) is 0 Å². The molecule has 0 unspecified atom stereocenters. The van der Waals surface area contributed by atoms with Gasteiger partial charge in [-0.25, -0.2) is 4.79 Å². The smallest absolute Gasteiger partial charge is 0.337 e. The highest BCUT2D eigenvalue weighted by molar-refractivity contribution is 5.90. The SMILES string of the molecule is C=CCNC(=O)CCNc1cccc(C(=O)OC)c1. The van der Waals surface area contributed by atoms with E-state index in [1.165, 1.54) is 7.11 Å². The number of hydrogen-bond acceptors (Lipinski definition) is 4. The number of hydrogen-bond donors (Lipinski definition) is 2. The van der Waals surface area contributed by atoms with Crippen LogP contribution in [0.1, 0.15) is 16.8 Å². The van der Waals surface area contributed by atoms with E-state index in [1.54, 1.807) is 24.3 Å². The molecule has 0 aliphatic carbocycles. The molecule has 0 spiro atoms. The first-order valence-corrected chi connectivity index (χ1v) is 5.97. The number of esters is 1. The molecule has 0 aliphatic rings. The molecule has 1 aromatic carbocycles. The Balaban J connectivity index is 2.43. The van der Waals surface area contributed by atoms with Gasteiger partial charge in [0.1, 0.15) is 0 Å². The molecule has 0 bridgehead atoms. The van der Waals surface area contributed by atoms with Crippen LogP contribution < -0.4 is 10.6 Å². The molecule has 0 heterocycles. The molecule has 19 heavy (non-hydrogen) atoms. The van der Waals surface area contributed by atoms with Gasteiger partial charge in [-0.05, 0) is 18.2 Å². The fourth-order valence-corrected chi connectivity index (χ4v) is 1.47. The zero-order valence-electron chi connectivity index (χ0n) is 10.9. The minimum Gasteiger partial charge on any atom is -0.465 e. The summed E-state index contributed by atoms with van der Waals surface area (Å²) in [5.41, 5.74) is 1.25. The fourth-order valence-electron chi connectivity index (χ4n) is 1.47. The highest BCUT2D eigenvalue weighted by Gasteiger charge is 2.05. The van der Waals surface area contributed by atoms with Gasteiger partial charge in [0.05, 0.1) is 12.7 Å². The first-order valence-electron chi connectivity index (χ1n) is 5.97. The third-order valence-corrected chi connectivity index (χ3v) is 2.41. The van der Waals surface area contributed by atoms with Gasteiger partial charge in [-0.15, -0.1) is 6.58 Å². The van der Waals surface area contributed by atoms with E-state index >= 15 is 0 Å². The van der Waals surface area contributed by atoms with E-state index < -0.39 is 0 Å². The van der Waals surface area contributed by atoms with Crippen molar-refractivity contribution in [3.63, 3.8) is 0 Å². The second-order valence-corrected chi connectivity index (χ2v) is 3.84. The van der Waals surface area contributed by atoms with Crippen LogP contribution in [0.15, 0.2) is 36.9 Å². The Labute approximate surface area is 112 Å². The van der Waals surface area contributed by atoms with Gasteiger partial charge in [0.15, 0.2) is 0 Å². The Morgan fingerprint density at radius 3 is 2.89 bits per heavy atom. The van der Waals surface area contributed by atoms with Gasteiger partial charge in [0, 0.05) is 25.2 Å². The van der Waals surface area contributed by atoms with Crippen molar-refractivity contribution >= 4 is 17.6 Å². The Bertz CT molecular complexity index is 458. The topological polar surface area (TPSA) is 67.4 Å². The number of methoxy groups -OCH3 is 1. The minimum atomic E-state index is -0.382. The summed E-state index contributed by atoms with van der Waals surface area (Å²) in [4.78, 5) is 22.7. The highest BCUT2D eigenvalue weighted by Crippen LogP contribution is 2.11. The molecule has 5 nitrogen and oxygen atoms in total. The van der Waals surface area contributed by atoms with Crippen molar-refractivity contribution in [1.82, 2.24) is 5.32 Å². The van der Waals surface area contributed by atoms with Crippen LogP contribution in [0, 0.1) is 0 Å². The second kappa shape index (κ2) is 7.92. The van der Waals surface area contributed by atoms with E-state index in [1.807, 2.05) is 6.07 Å². The number of benzene rings is 1. The molecule has 5 heteroatoms. The molecule has 0 radical (unpaired) electrons. The molecule has 1 amide bonds. The zero-order chi connectivity index (χ0) is 14.1. The third-order valence-electron chi connectivity index (χ3n) is 2.41. The van der Waals surface area contributed by atoms with Crippen LogP contribution in [0.2, 0.25) is 0 Å². The van der Waals surface area contributed by atoms with Crippen LogP contribution in [0.4, 0.5) is 5.69 Å². The Kier molecular flexibility index (Phi) is 6.15. The number of ether oxygens (including phenoxy) is 1. The van der Waals surface area contributed by atoms with Crippen molar-refractivity contribution in [3.8, 4) is 0 Å². The minimum absolute atomic E-state index is 0.0449. The lowest BCUT2D eigenvalue weighted by Crippen LogP contribution is -2.25. The molecule has 1 rings (SSSR count). The normalized spacial score (nSPS) is 9.53. The van der Waals surface area contributed by atoms with Crippen molar-refractivity contribution in [2.75, 3.05) is 25.5 Å². The lowest BCUT2D eigenvalue weighted by atomic mass is 10.2. The van der Waals surface area contributed by atoms with Crippen LogP contribution >= 0.6 is 0 Å². The fraction of sp³-hybridized carbons (Fsp3) is 0.286. The number of rotatable bonds is 7. The van der Waals surface area contributed by atoms with Crippen LogP contribution in [0.3, 0.4) is 0 Å². The molecular formula is C14H18N2O3. The van der Waals surface area contributed by atoms with Gasteiger partial charge < -0.3 is 15.4 Å². The van der Waals surface area contributed by atoms with E-state index in [-0.39, 0.29) is 11.9 Å². The van der Waals surface area contributed by atoms with Gasteiger partial charge in [-0.2, -0.15) is 0 Å². The summed E-state index contributed by atoms with van der Waals surface area (Å²) in [5, 5.41) is 5.76. The molecule has 102 valence electrons. The highest BCUT2D eigenvalue weighted by atomic mass is 16.5. The van der Waals surface area contributed by atoms with Crippen molar-refractivity contribution in [2.45, 2.75) is 6.42 Å².